The first-order chi connectivity index (χ1) is 15.9. The minimum Gasteiger partial charge on any atom is -0.457 e. The molecule has 4 rings (SSSR count). The van der Waals surface area contributed by atoms with Gasteiger partial charge in [0.05, 0.1) is 9.93 Å². The van der Waals surface area contributed by atoms with Gasteiger partial charge in [0.2, 0.25) is 5.91 Å². The maximum Gasteiger partial charge on any atom is 0.266 e. The summed E-state index contributed by atoms with van der Waals surface area (Å²) in [6.45, 7) is 2.41. The molecule has 0 radical (unpaired) electrons. The average molecular weight is 497 g/mol. The molecule has 0 aliphatic carbocycles. The number of furan rings is 1. The third-order valence-electron chi connectivity index (χ3n) is 5.07. The third kappa shape index (κ3) is 5.74. The summed E-state index contributed by atoms with van der Waals surface area (Å²) in [5.74, 6) is 0.552. The Morgan fingerprint density at radius 1 is 1.15 bits per heavy atom. The van der Waals surface area contributed by atoms with Gasteiger partial charge in [0.1, 0.15) is 22.4 Å². The topological polar surface area (TPSA) is 62.6 Å². The van der Waals surface area contributed by atoms with Gasteiger partial charge in [-0.25, -0.2) is 0 Å². The highest BCUT2D eigenvalue weighted by atomic mass is 35.5. The number of halogens is 1. The molecular weight excluding hydrogens is 476 g/mol. The van der Waals surface area contributed by atoms with Crippen LogP contribution in [0, 0.1) is 6.92 Å². The number of carbonyl (C=O) groups is 2. The number of carbonyl (C=O) groups excluding carboxylic acids is 2. The van der Waals surface area contributed by atoms with E-state index in [1.807, 2.05) is 49.4 Å². The Bertz CT molecular complexity index is 1230. The van der Waals surface area contributed by atoms with Gasteiger partial charge in [-0.2, -0.15) is 0 Å². The number of thiocarbonyl (C=S) groups is 1. The zero-order chi connectivity index (χ0) is 23.4. The first kappa shape index (κ1) is 23.3. The number of hydrogen-bond donors (Lipinski definition) is 1. The van der Waals surface area contributed by atoms with Gasteiger partial charge in [-0.3, -0.25) is 14.5 Å². The Kier molecular flexibility index (Phi) is 7.33. The molecule has 1 aliphatic heterocycles. The van der Waals surface area contributed by atoms with Crippen molar-refractivity contribution in [3.8, 4) is 11.3 Å². The highest BCUT2D eigenvalue weighted by Crippen LogP contribution is 2.34. The van der Waals surface area contributed by atoms with Crippen LogP contribution in [0.15, 0.2) is 70.0 Å². The van der Waals surface area contributed by atoms with Crippen molar-refractivity contribution in [2.45, 2.75) is 13.3 Å². The zero-order valence-electron chi connectivity index (χ0n) is 17.8. The van der Waals surface area contributed by atoms with Crippen LogP contribution in [-0.4, -0.2) is 34.1 Å². The fraction of sp³-hybridized carbons (Fsp3) is 0.160. The van der Waals surface area contributed by atoms with E-state index in [0.29, 0.717) is 32.3 Å². The summed E-state index contributed by atoms with van der Waals surface area (Å²) in [4.78, 5) is 26.9. The van der Waals surface area contributed by atoms with E-state index in [2.05, 4.69) is 5.32 Å². The summed E-state index contributed by atoms with van der Waals surface area (Å²) < 4.78 is 6.19. The van der Waals surface area contributed by atoms with E-state index < -0.39 is 0 Å². The Morgan fingerprint density at radius 2 is 1.91 bits per heavy atom. The number of benzene rings is 2. The van der Waals surface area contributed by atoms with Gasteiger partial charge >= 0.3 is 0 Å². The van der Waals surface area contributed by atoms with Crippen molar-refractivity contribution in [2.24, 2.45) is 0 Å². The zero-order valence-corrected chi connectivity index (χ0v) is 20.2. The minimum absolute atomic E-state index is 0.112. The molecule has 1 aliphatic rings. The smallest absolute Gasteiger partial charge is 0.266 e. The summed E-state index contributed by atoms with van der Waals surface area (Å²) >= 11 is 12.7. The van der Waals surface area contributed by atoms with Crippen molar-refractivity contribution in [1.82, 2.24) is 10.2 Å². The molecule has 5 nitrogen and oxygen atoms in total. The molecule has 168 valence electrons. The van der Waals surface area contributed by atoms with Crippen LogP contribution >= 0.6 is 35.6 Å². The highest BCUT2D eigenvalue weighted by molar-refractivity contribution is 8.26. The van der Waals surface area contributed by atoms with Gasteiger partial charge in [-0.1, -0.05) is 77.5 Å². The molecule has 2 heterocycles. The lowest BCUT2D eigenvalue weighted by atomic mass is 10.1. The molecule has 33 heavy (non-hydrogen) atoms. The van der Waals surface area contributed by atoms with Crippen LogP contribution in [0.1, 0.15) is 16.9 Å². The van der Waals surface area contributed by atoms with Gasteiger partial charge in [-0.15, -0.1) is 0 Å². The first-order valence-corrected chi connectivity index (χ1v) is 11.9. The molecule has 3 aromatic rings. The Morgan fingerprint density at radius 3 is 2.67 bits per heavy atom. The second-order valence-corrected chi connectivity index (χ2v) is 9.62. The molecule has 2 aromatic carbocycles. The van der Waals surface area contributed by atoms with Crippen LogP contribution in [0.2, 0.25) is 5.02 Å². The van der Waals surface area contributed by atoms with Gasteiger partial charge < -0.3 is 9.73 Å². The number of nitrogens with zero attached hydrogens (tertiary/aromatic N) is 1. The first-order valence-electron chi connectivity index (χ1n) is 10.3. The Labute approximate surface area is 206 Å². The van der Waals surface area contributed by atoms with E-state index in [9.17, 15) is 9.59 Å². The van der Waals surface area contributed by atoms with E-state index >= 15 is 0 Å². The maximum atomic E-state index is 12.8. The molecule has 2 amide bonds. The second-order valence-electron chi connectivity index (χ2n) is 7.54. The summed E-state index contributed by atoms with van der Waals surface area (Å²) in [5.41, 5.74) is 3.11. The van der Waals surface area contributed by atoms with Crippen molar-refractivity contribution < 1.29 is 14.0 Å². The predicted molar refractivity (Wildman–Crippen MR) is 137 cm³/mol. The molecule has 1 saturated heterocycles. The summed E-state index contributed by atoms with van der Waals surface area (Å²) in [6, 6.07) is 19.1. The number of amides is 2. The number of rotatable bonds is 7. The van der Waals surface area contributed by atoms with Crippen molar-refractivity contribution in [3.63, 3.8) is 0 Å². The summed E-state index contributed by atoms with van der Waals surface area (Å²) in [6.07, 6.45) is 2.35. The van der Waals surface area contributed by atoms with Crippen molar-refractivity contribution in [1.29, 1.82) is 0 Å². The van der Waals surface area contributed by atoms with Crippen molar-refractivity contribution in [2.75, 3.05) is 13.1 Å². The summed E-state index contributed by atoms with van der Waals surface area (Å²) in [5, 5.41) is 3.43. The fourth-order valence-electron chi connectivity index (χ4n) is 3.30. The van der Waals surface area contributed by atoms with E-state index in [1.54, 1.807) is 24.3 Å². The van der Waals surface area contributed by atoms with Crippen molar-refractivity contribution in [3.05, 3.63) is 87.5 Å². The van der Waals surface area contributed by atoms with Gasteiger partial charge in [0.25, 0.3) is 5.91 Å². The van der Waals surface area contributed by atoms with Gasteiger partial charge in [0, 0.05) is 18.2 Å². The molecular formula is C25H21ClN2O3S2. The van der Waals surface area contributed by atoms with E-state index in [0.717, 1.165) is 29.3 Å². The predicted octanol–water partition coefficient (Wildman–Crippen LogP) is 5.47. The standard InChI is InChI=1S/C25H21ClN2O3S2/c1-16-6-8-17(9-7-16)12-13-27-23(29)15-28-24(30)22(33-25(28)32)14-18-10-11-21(31-18)19-4-2-3-5-20(19)26/h2-11,14H,12-13,15H2,1H3,(H,27,29)/b22-14-. The SMILES string of the molecule is Cc1ccc(CCNC(=O)CN2C(=O)/C(=C/c3ccc(-c4ccccc4Cl)o3)SC2=S)cc1. The third-order valence-corrected chi connectivity index (χ3v) is 6.78. The molecule has 1 aromatic heterocycles. The van der Waals surface area contributed by atoms with Crippen LogP contribution < -0.4 is 5.32 Å². The summed E-state index contributed by atoms with van der Waals surface area (Å²) in [7, 11) is 0. The van der Waals surface area contributed by atoms with E-state index in [4.69, 9.17) is 28.2 Å². The molecule has 1 fully saturated rings. The molecule has 1 N–H and O–H groups in total. The van der Waals surface area contributed by atoms with Crippen LogP contribution in [0.3, 0.4) is 0 Å². The van der Waals surface area contributed by atoms with Crippen molar-refractivity contribution >= 4 is 57.8 Å². The molecule has 8 heteroatoms. The number of hydrogen-bond acceptors (Lipinski definition) is 5. The quantitative estimate of drug-likeness (QED) is 0.347. The second kappa shape index (κ2) is 10.4. The normalized spacial score (nSPS) is 14.8. The van der Waals surface area contributed by atoms with Crippen LogP contribution in [0.25, 0.3) is 17.4 Å². The largest absolute Gasteiger partial charge is 0.457 e. The monoisotopic (exact) mass is 496 g/mol. The van der Waals surface area contributed by atoms with E-state index in [1.165, 1.54) is 10.5 Å². The van der Waals surface area contributed by atoms with E-state index in [-0.39, 0.29) is 18.4 Å². The highest BCUT2D eigenvalue weighted by Gasteiger charge is 2.33. The fourth-order valence-corrected chi connectivity index (χ4v) is 4.77. The maximum absolute atomic E-state index is 12.8. The molecule has 0 saturated carbocycles. The van der Waals surface area contributed by atoms with Crippen LogP contribution in [0.5, 0.6) is 0 Å². The molecule has 0 spiro atoms. The minimum atomic E-state index is -0.311. The Balaban J connectivity index is 1.35. The number of thioether (sulfide) groups is 1. The lowest BCUT2D eigenvalue weighted by Crippen LogP contribution is -2.40. The Hall–Kier alpha value is -2.87. The number of aryl methyl sites for hydroxylation is 1. The van der Waals surface area contributed by atoms with Gasteiger partial charge in [-0.05, 0) is 43.2 Å². The lowest BCUT2D eigenvalue weighted by Gasteiger charge is -2.14. The molecule has 0 atom stereocenters. The lowest BCUT2D eigenvalue weighted by molar-refractivity contribution is -0.128. The van der Waals surface area contributed by atoms with Gasteiger partial charge in [0.15, 0.2) is 0 Å². The molecule has 0 bridgehead atoms. The van der Waals surface area contributed by atoms with Crippen LogP contribution in [0.4, 0.5) is 0 Å². The molecule has 0 unspecified atom stereocenters. The average Bonchev–Trinajstić information content (AvgIpc) is 3.36. The van der Waals surface area contributed by atoms with Crippen LogP contribution in [-0.2, 0) is 16.0 Å². The number of nitrogens with one attached hydrogen (secondary N) is 1.